The number of fused-ring (bicyclic) bond motifs is 1. The molecule has 0 aliphatic carbocycles. The van der Waals surface area contributed by atoms with Crippen LogP contribution in [-0.2, 0) is 0 Å². The third-order valence-corrected chi connectivity index (χ3v) is 5.65. The minimum absolute atomic E-state index is 0.00203. The van der Waals surface area contributed by atoms with Crippen LogP contribution in [0.3, 0.4) is 0 Å². The van der Waals surface area contributed by atoms with Crippen molar-refractivity contribution in [2.45, 2.75) is 32.4 Å². The number of hydrogen-bond donors (Lipinski definition) is 1. The van der Waals surface area contributed by atoms with Crippen molar-refractivity contribution in [2.24, 2.45) is 0 Å². The van der Waals surface area contributed by atoms with Gasteiger partial charge in [-0.1, -0.05) is 24.3 Å². The van der Waals surface area contributed by atoms with Crippen molar-refractivity contribution in [1.29, 1.82) is 0 Å². The fraction of sp³-hybridized carbons (Fsp3) is 0.280. The maximum Gasteiger partial charge on any atom is 0.258 e. The quantitative estimate of drug-likeness (QED) is 0.633. The number of pyridine rings is 1. The zero-order chi connectivity index (χ0) is 22.0. The highest BCUT2D eigenvalue weighted by Gasteiger charge is 2.34. The monoisotopic (exact) mass is 417 g/mol. The highest BCUT2D eigenvalue weighted by molar-refractivity contribution is 6.07. The number of carbonyl (C=O) groups is 1. The van der Waals surface area contributed by atoms with E-state index in [-0.39, 0.29) is 18.0 Å². The Morgan fingerprint density at radius 3 is 2.55 bits per heavy atom. The van der Waals surface area contributed by atoms with Crippen molar-refractivity contribution in [3.8, 4) is 11.5 Å². The fourth-order valence-corrected chi connectivity index (χ4v) is 4.17. The van der Waals surface area contributed by atoms with Gasteiger partial charge in [-0.25, -0.2) is 4.98 Å². The number of nitrogens with zero attached hydrogens (tertiary/aromatic N) is 2. The number of anilines is 2. The molecule has 0 spiro atoms. The average Bonchev–Trinajstić information content (AvgIpc) is 2.78. The molecule has 2 atom stereocenters. The van der Waals surface area contributed by atoms with Gasteiger partial charge in [0, 0.05) is 23.0 Å². The minimum atomic E-state index is -0.0620. The predicted molar refractivity (Wildman–Crippen MR) is 122 cm³/mol. The molecule has 0 saturated carbocycles. The average molecular weight is 418 g/mol. The summed E-state index contributed by atoms with van der Waals surface area (Å²) in [5.41, 5.74) is 3.52. The number of para-hydroxylation sites is 1. The predicted octanol–water partition coefficient (Wildman–Crippen LogP) is 5.00. The van der Waals surface area contributed by atoms with E-state index in [1.165, 1.54) is 0 Å². The second kappa shape index (κ2) is 8.68. The Bertz CT molecular complexity index is 1100. The molecule has 0 fully saturated rings. The number of nitrogens with one attached hydrogen (secondary N) is 1. The molecule has 31 heavy (non-hydrogen) atoms. The first-order valence-corrected chi connectivity index (χ1v) is 10.4. The second-order valence-corrected chi connectivity index (χ2v) is 7.75. The standard InChI is InChI=1S/C25H27N3O3/c1-16-8-7-11-24(26-16)27-20-14-17(2)28(21-10-6-5-9-19(20)21)25(29)18-12-13-22(30-3)23(15-18)31-4/h5-13,15,17,20H,14H2,1-4H3,(H,26,27)/t17-,20-/m1/s1. The number of amides is 1. The van der Waals surface area contributed by atoms with Gasteiger partial charge in [0.25, 0.3) is 5.91 Å². The molecule has 3 aromatic rings. The molecule has 0 radical (unpaired) electrons. The summed E-state index contributed by atoms with van der Waals surface area (Å²) in [6, 6.07) is 19.3. The zero-order valence-electron chi connectivity index (χ0n) is 18.3. The van der Waals surface area contributed by atoms with Crippen molar-refractivity contribution in [3.63, 3.8) is 0 Å². The van der Waals surface area contributed by atoms with E-state index in [0.29, 0.717) is 17.1 Å². The topological polar surface area (TPSA) is 63.7 Å². The molecule has 6 heteroatoms. The van der Waals surface area contributed by atoms with Crippen LogP contribution in [0.5, 0.6) is 11.5 Å². The van der Waals surface area contributed by atoms with Crippen molar-refractivity contribution in [3.05, 3.63) is 77.5 Å². The van der Waals surface area contributed by atoms with Crippen LogP contribution < -0.4 is 19.7 Å². The van der Waals surface area contributed by atoms with Crippen LogP contribution in [0.1, 0.15) is 41.0 Å². The third kappa shape index (κ3) is 4.06. The summed E-state index contributed by atoms with van der Waals surface area (Å²) >= 11 is 0. The molecule has 2 heterocycles. The summed E-state index contributed by atoms with van der Waals surface area (Å²) in [6.45, 7) is 4.05. The lowest BCUT2D eigenvalue weighted by molar-refractivity contribution is 0.0973. The largest absolute Gasteiger partial charge is 0.493 e. The molecule has 1 amide bonds. The van der Waals surface area contributed by atoms with Crippen molar-refractivity contribution < 1.29 is 14.3 Å². The van der Waals surface area contributed by atoms with Gasteiger partial charge in [-0.05, 0) is 62.2 Å². The van der Waals surface area contributed by atoms with Crippen molar-refractivity contribution >= 4 is 17.4 Å². The Hall–Kier alpha value is -3.54. The van der Waals surface area contributed by atoms with Crippen molar-refractivity contribution in [1.82, 2.24) is 4.98 Å². The van der Waals surface area contributed by atoms with E-state index in [0.717, 1.165) is 29.2 Å². The smallest absolute Gasteiger partial charge is 0.258 e. The van der Waals surface area contributed by atoms with Crippen LogP contribution in [0.15, 0.2) is 60.7 Å². The number of aryl methyl sites for hydroxylation is 1. The third-order valence-electron chi connectivity index (χ3n) is 5.65. The van der Waals surface area contributed by atoms with Crippen LogP contribution in [0.4, 0.5) is 11.5 Å². The highest BCUT2D eigenvalue weighted by atomic mass is 16.5. The van der Waals surface area contributed by atoms with Crippen LogP contribution in [-0.4, -0.2) is 31.2 Å². The molecule has 1 aliphatic heterocycles. The number of methoxy groups -OCH3 is 2. The SMILES string of the molecule is COc1ccc(C(=O)N2c3ccccc3[C@H](Nc3cccc(C)n3)C[C@H]2C)cc1OC. The van der Waals surface area contributed by atoms with E-state index >= 15 is 0 Å². The van der Waals surface area contributed by atoms with Gasteiger partial charge >= 0.3 is 0 Å². The van der Waals surface area contributed by atoms with Gasteiger partial charge in [0.2, 0.25) is 0 Å². The Kier molecular flexibility index (Phi) is 5.80. The van der Waals surface area contributed by atoms with Gasteiger partial charge in [0.05, 0.1) is 20.3 Å². The molecule has 2 aromatic carbocycles. The number of ether oxygens (including phenoxy) is 2. The molecule has 0 bridgehead atoms. The molecule has 4 rings (SSSR count). The molecule has 1 aliphatic rings. The van der Waals surface area contributed by atoms with E-state index in [9.17, 15) is 4.79 Å². The number of hydrogen-bond acceptors (Lipinski definition) is 5. The number of benzene rings is 2. The lowest BCUT2D eigenvalue weighted by Gasteiger charge is -2.40. The van der Waals surface area contributed by atoms with Gasteiger partial charge in [0.15, 0.2) is 11.5 Å². The van der Waals surface area contributed by atoms with Gasteiger partial charge in [-0.2, -0.15) is 0 Å². The first kappa shape index (κ1) is 20.7. The summed E-state index contributed by atoms with van der Waals surface area (Å²) in [5.74, 6) is 1.91. The lowest BCUT2D eigenvalue weighted by Crippen LogP contribution is -2.44. The van der Waals surface area contributed by atoms with E-state index in [4.69, 9.17) is 9.47 Å². The van der Waals surface area contributed by atoms with Crippen LogP contribution >= 0.6 is 0 Å². The highest BCUT2D eigenvalue weighted by Crippen LogP contribution is 2.40. The first-order valence-electron chi connectivity index (χ1n) is 10.4. The molecule has 160 valence electrons. The molecule has 0 unspecified atom stereocenters. The van der Waals surface area contributed by atoms with E-state index < -0.39 is 0 Å². The summed E-state index contributed by atoms with van der Waals surface area (Å²) in [7, 11) is 3.15. The zero-order valence-corrected chi connectivity index (χ0v) is 18.3. The molecule has 0 saturated heterocycles. The van der Waals surface area contributed by atoms with E-state index in [1.54, 1.807) is 32.4 Å². The lowest BCUT2D eigenvalue weighted by atomic mass is 9.91. The van der Waals surface area contributed by atoms with Crippen LogP contribution in [0.25, 0.3) is 0 Å². The Morgan fingerprint density at radius 2 is 1.81 bits per heavy atom. The molecule has 1 N–H and O–H groups in total. The summed E-state index contributed by atoms with van der Waals surface area (Å²) in [5, 5.41) is 3.56. The maximum atomic E-state index is 13.5. The Labute approximate surface area is 182 Å². The van der Waals surface area contributed by atoms with Gasteiger partial charge < -0.3 is 19.7 Å². The van der Waals surface area contributed by atoms with E-state index in [2.05, 4.69) is 23.3 Å². The van der Waals surface area contributed by atoms with Crippen molar-refractivity contribution in [2.75, 3.05) is 24.4 Å². The first-order chi connectivity index (χ1) is 15.0. The number of rotatable bonds is 5. The number of carbonyl (C=O) groups excluding carboxylic acids is 1. The second-order valence-electron chi connectivity index (χ2n) is 7.75. The summed E-state index contributed by atoms with van der Waals surface area (Å²) in [4.78, 5) is 20.0. The van der Waals surface area contributed by atoms with Gasteiger partial charge in [0.1, 0.15) is 5.82 Å². The normalized spacial score (nSPS) is 17.6. The minimum Gasteiger partial charge on any atom is -0.493 e. The number of aromatic nitrogens is 1. The van der Waals surface area contributed by atoms with Crippen LogP contribution in [0.2, 0.25) is 0 Å². The van der Waals surface area contributed by atoms with E-state index in [1.807, 2.05) is 48.2 Å². The maximum absolute atomic E-state index is 13.5. The molecular weight excluding hydrogens is 390 g/mol. The van der Waals surface area contributed by atoms with Gasteiger partial charge in [-0.3, -0.25) is 4.79 Å². The molecule has 6 nitrogen and oxygen atoms in total. The van der Waals surface area contributed by atoms with Crippen LogP contribution in [0, 0.1) is 6.92 Å². The van der Waals surface area contributed by atoms with Gasteiger partial charge in [-0.15, -0.1) is 0 Å². The fourth-order valence-electron chi connectivity index (χ4n) is 4.17. The Morgan fingerprint density at radius 1 is 1.03 bits per heavy atom. The molecule has 1 aromatic heterocycles. The Balaban J connectivity index is 1.68. The summed E-state index contributed by atoms with van der Waals surface area (Å²) in [6.07, 6.45) is 0.770. The molecular formula is C25H27N3O3. The summed E-state index contributed by atoms with van der Waals surface area (Å²) < 4.78 is 10.7.